The van der Waals surface area contributed by atoms with E-state index in [1.165, 1.54) is 25.7 Å². The van der Waals surface area contributed by atoms with E-state index in [9.17, 15) is 4.79 Å². The molecule has 0 aromatic carbocycles. The largest absolute Gasteiger partial charge is 0.359 e. The lowest BCUT2D eigenvalue weighted by Gasteiger charge is -2.44. The molecule has 22 heavy (non-hydrogen) atoms. The summed E-state index contributed by atoms with van der Waals surface area (Å²) >= 11 is 0. The third kappa shape index (κ3) is 2.42. The van der Waals surface area contributed by atoms with Crippen molar-refractivity contribution < 1.29 is 9.32 Å². The van der Waals surface area contributed by atoms with Crippen molar-refractivity contribution in [3.8, 4) is 0 Å². The zero-order valence-corrected chi connectivity index (χ0v) is 12.5. The molecule has 0 N–H and O–H groups in total. The predicted octanol–water partition coefficient (Wildman–Crippen LogP) is 2.32. The molecule has 1 aliphatic carbocycles. The highest BCUT2D eigenvalue weighted by atomic mass is 16.5. The number of rotatable bonds is 4. The fraction of sp³-hybridized carbons (Fsp3) is 0.562. The van der Waals surface area contributed by atoms with Crippen LogP contribution in [0.3, 0.4) is 0 Å². The maximum atomic E-state index is 12.6. The normalized spacial score (nSPS) is 22.0. The van der Waals surface area contributed by atoms with Crippen molar-refractivity contribution in [2.75, 3.05) is 6.54 Å². The Hall–Kier alpha value is -2.11. The molecular weight excluding hydrogens is 280 g/mol. The first-order valence-corrected chi connectivity index (χ1v) is 8.05. The minimum atomic E-state index is 0.0126. The molecule has 2 aromatic heterocycles. The lowest BCUT2D eigenvalue weighted by molar-refractivity contribution is 0.0298. The van der Waals surface area contributed by atoms with E-state index < -0.39 is 0 Å². The second kappa shape index (κ2) is 5.59. The van der Waals surface area contributed by atoms with Gasteiger partial charge >= 0.3 is 0 Å². The van der Waals surface area contributed by atoms with Gasteiger partial charge in [-0.15, -0.1) is 0 Å². The first-order valence-electron chi connectivity index (χ1n) is 8.05. The van der Waals surface area contributed by atoms with Gasteiger partial charge in [-0.3, -0.25) is 9.48 Å². The molecule has 6 heteroatoms. The second-order valence-electron chi connectivity index (χ2n) is 6.28. The number of carbonyl (C=O) groups excluding carboxylic acids is 1. The van der Waals surface area contributed by atoms with Gasteiger partial charge in [0.05, 0.1) is 0 Å². The van der Waals surface area contributed by atoms with Crippen molar-refractivity contribution in [2.45, 2.75) is 44.7 Å². The lowest BCUT2D eigenvalue weighted by Crippen LogP contribution is -2.54. The summed E-state index contributed by atoms with van der Waals surface area (Å²) < 4.78 is 7.03. The van der Waals surface area contributed by atoms with Crippen LogP contribution < -0.4 is 0 Å². The van der Waals surface area contributed by atoms with Crippen molar-refractivity contribution in [1.82, 2.24) is 19.8 Å². The van der Waals surface area contributed by atoms with E-state index >= 15 is 0 Å². The zero-order chi connectivity index (χ0) is 14.9. The Labute approximate surface area is 129 Å². The Morgan fingerprint density at radius 2 is 2.18 bits per heavy atom. The Kier molecular flexibility index (Phi) is 3.44. The SMILES string of the molecule is O=C(c1cc(Cn2cccn2)on1)N1CCC1C1CCCC1. The minimum absolute atomic E-state index is 0.0126. The van der Waals surface area contributed by atoms with Crippen molar-refractivity contribution in [3.05, 3.63) is 36.0 Å². The maximum absolute atomic E-state index is 12.6. The Morgan fingerprint density at radius 1 is 1.32 bits per heavy atom. The molecule has 2 fully saturated rings. The fourth-order valence-electron chi connectivity index (χ4n) is 3.68. The van der Waals surface area contributed by atoms with Crippen molar-refractivity contribution in [1.29, 1.82) is 0 Å². The van der Waals surface area contributed by atoms with Crippen molar-refractivity contribution in [3.63, 3.8) is 0 Å². The first kappa shape index (κ1) is 13.5. The third-order valence-corrected chi connectivity index (χ3v) is 4.93. The topological polar surface area (TPSA) is 64.2 Å². The molecule has 2 aromatic rings. The molecule has 1 saturated carbocycles. The van der Waals surface area contributed by atoms with Crippen LogP contribution in [-0.2, 0) is 6.54 Å². The Bertz CT molecular complexity index is 643. The summed E-state index contributed by atoms with van der Waals surface area (Å²) in [5.74, 6) is 1.36. The monoisotopic (exact) mass is 300 g/mol. The van der Waals surface area contributed by atoms with Crippen LogP contribution >= 0.6 is 0 Å². The summed E-state index contributed by atoms with van der Waals surface area (Å²) in [7, 11) is 0. The smallest absolute Gasteiger partial charge is 0.276 e. The van der Waals surface area contributed by atoms with E-state index in [2.05, 4.69) is 10.3 Å². The van der Waals surface area contributed by atoms with Gasteiger partial charge in [-0.25, -0.2) is 0 Å². The van der Waals surface area contributed by atoms with E-state index in [1.54, 1.807) is 16.9 Å². The number of nitrogens with zero attached hydrogens (tertiary/aromatic N) is 4. The van der Waals surface area contributed by atoms with Crippen LogP contribution in [0.5, 0.6) is 0 Å². The van der Waals surface area contributed by atoms with E-state index in [0.717, 1.165) is 13.0 Å². The van der Waals surface area contributed by atoms with Gasteiger partial charge in [-0.05, 0) is 31.2 Å². The molecule has 1 unspecified atom stereocenters. The van der Waals surface area contributed by atoms with Crippen LogP contribution in [0.25, 0.3) is 0 Å². The number of carbonyl (C=O) groups is 1. The molecular formula is C16H20N4O2. The number of aromatic nitrogens is 3. The molecule has 1 atom stereocenters. The summed E-state index contributed by atoms with van der Waals surface area (Å²) in [5, 5.41) is 8.08. The van der Waals surface area contributed by atoms with Gasteiger partial charge in [-0.2, -0.15) is 5.10 Å². The summed E-state index contributed by atoms with van der Waals surface area (Å²) in [4.78, 5) is 14.6. The van der Waals surface area contributed by atoms with E-state index in [1.807, 2.05) is 17.2 Å². The molecule has 0 bridgehead atoms. The molecule has 6 nitrogen and oxygen atoms in total. The van der Waals surface area contributed by atoms with Gasteiger partial charge in [-0.1, -0.05) is 18.0 Å². The van der Waals surface area contributed by atoms with Gasteiger partial charge in [0.1, 0.15) is 6.54 Å². The summed E-state index contributed by atoms with van der Waals surface area (Å²) in [6.45, 7) is 1.35. The highest BCUT2D eigenvalue weighted by Crippen LogP contribution is 2.36. The van der Waals surface area contributed by atoms with E-state index in [0.29, 0.717) is 30.0 Å². The lowest BCUT2D eigenvalue weighted by atomic mass is 9.87. The highest BCUT2D eigenvalue weighted by Gasteiger charge is 2.39. The van der Waals surface area contributed by atoms with Crippen LogP contribution in [0, 0.1) is 5.92 Å². The molecule has 0 spiro atoms. The molecule has 2 aliphatic rings. The van der Waals surface area contributed by atoms with Crippen LogP contribution in [0.15, 0.2) is 29.0 Å². The molecule has 1 saturated heterocycles. The third-order valence-electron chi connectivity index (χ3n) is 4.93. The van der Waals surface area contributed by atoms with Crippen LogP contribution in [0.2, 0.25) is 0 Å². The average molecular weight is 300 g/mol. The molecule has 3 heterocycles. The fourth-order valence-corrected chi connectivity index (χ4v) is 3.68. The minimum Gasteiger partial charge on any atom is -0.359 e. The molecule has 1 amide bonds. The number of hydrogen-bond acceptors (Lipinski definition) is 4. The number of hydrogen-bond donors (Lipinski definition) is 0. The predicted molar refractivity (Wildman–Crippen MR) is 79.2 cm³/mol. The first-order chi connectivity index (χ1) is 10.8. The van der Waals surface area contributed by atoms with Crippen LogP contribution in [0.4, 0.5) is 0 Å². The van der Waals surface area contributed by atoms with Crippen LogP contribution in [-0.4, -0.2) is 38.3 Å². The highest BCUT2D eigenvalue weighted by molar-refractivity contribution is 5.93. The van der Waals surface area contributed by atoms with Gasteiger partial charge in [0.25, 0.3) is 5.91 Å². The average Bonchev–Trinajstić information content (AvgIpc) is 3.19. The van der Waals surface area contributed by atoms with E-state index in [-0.39, 0.29) is 5.91 Å². The van der Waals surface area contributed by atoms with E-state index in [4.69, 9.17) is 4.52 Å². The molecule has 4 rings (SSSR count). The zero-order valence-electron chi connectivity index (χ0n) is 12.5. The van der Waals surface area contributed by atoms with Crippen LogP contribution in [0.1, 0.15) is 48.4 Å². The Balaban J connectivity index is 1.43. The van der Waals surface area contributed by atoms with Crippen molar-refractivity contribution >= 4 is 5.91 Å². The van der Waals surface area contributed by atoms with Gasteiger partial charge in [0.2, 0.25) is 0 Å². The standard InChI is InChI=1S/C16H20N4O2/c21-16(20-9-6-15(20)12-4-1-2-5-12)14-10-13(22-18-14)11-19-8-3-7-17-19/h3,7-8,10,12,15H,1-2,4-6,9,11H2. The quantitative estimate of drug-likeness (QED) is 0.869. The maximum Gasteiger partial charge on any atom is 0.276 e. The molecule has 0 radical (unpaired) electrons. The summed E-state index contributed by atoms with van der Waals surface area (Å²) in [5.41, 5.74) is 0.421. The van der Waals surface area contributed by atoms with Gasteiger partial charge in [0, 0.05) is 31.0 Å². The summed E-state index contributed by atoms with van der Waals surface area (Å²) in [6, 6.07) is 4.02. The second-order valence-corrected chi connectivity index (χ2v) is 6.28. The molecule has 116 valence electrons. The number of likely N-dealkylation sites (tertiary alicyclic amines) is 1. The van der Waals surface area contributed by atoms with Crippen molar-refractivity contribution in [2.24, 2.45) is 5.92 Å². The van der Waals surface area contributed by atoms with Gasteiger partial charge < -0.3 is 9.42 Å². The number of amides is 1. The summed E-state index contributed by atoms with van der Waals surface area (Å²) in [6.07, 6.45) is 9.84. The Morgan fingerprint density at radius 3 is 2.86 bits per heavy atom. The molecule has 1 aliphatic heterocycles. The van der Waals surface area contributed by atoms with Gasteiger partial charge in [0.15, 0.2) is 11.5 Å².